The summed E-state index contributed by atoms with van der Waals surface area (Å²) < 4.78 is 0. The molecule has 0 aliphatic heterocycles. The molecule has 1 heterocycles. The Bertz CT molecular complexity index is 359. The number of hydrogen-bond donors (Lipinski definition) is 1. The van der Waals surface area contributed by atoms with Crippen molar-refractivity contribution in [2.45, 2.75) is 0 Å². The molecule has 4 heteroatoms. The minimum absolute atomic E-state index is 0.512. The summed E-state index contributed by atoms with van der Waals surface area (Å²) in [5, 5.41) is 18.6. The quantitative estimate of drug-likeness (QED) is 0.703. The topological polar surface area (TPSA) is 61.1 Å². The van der Waals surface area contributed by atoms with E-state index < -0.39 is 5.97 Å². The minimum Gasteiger partial charge on any atom is -0.478 e. The third kappa shape index (κ3) is 1.94. The lowest BCUT2D eigenvalue weighted by Crippen LogP contribution is -1.85. The summed E-state index contributed by atoms with van der Waals surface area (Å²) in [5.74, 6) is -1.01. The molecule has 0 amide bonds. The van der Waals surface area contributed by atoms with Crippen LogP contribution in [0.25, 0.3) is 6.08 Å². The number of hydrogen-bond acceptors (Lipinski definition) is 3. The maximum atomic E-state index is 10.1. The summed E-state index contributed by atoms with van der Waals surface area (Å²) in [6.45, 7) is 0. The predicted octanol–water partition coefficient (Wildman–Crippen LogP) is 1.72. The second-order valence-corrected chi connectivity index (χ2v) is 2.93. The Morgan fingerprint density at radius 2 is 2.50 bits per heavy atom. The molecule has 0 radical (unpaired) electrons. The standard InChI is InChI=1S/C8H5NO2S/c9-5-6-3-4-12-7(6)1-2-8(10)11/h1-4H,(H,10,11)/b2-1-. The minimum atomic E-state index is -1.01. The molecule has 0 bridgehead atoms. The average molecular weight is 179 g/mol. The molecule has 12 heavy (non-hydrogen) atoms. The van der Waals surface area contributed by atoms with Gasteiger partial charge in [-0.25, -0.2) is 4.79 Å². The molecule has 1 N–H and O–H groups in total. The molecule has 0 spiro atoms. The molecule has 0 unspecified atom stereocenters. The van der Waals surface area contributed by atoms with Crippen molar-refractivity contribution in [2.75, 3.05) is 0 Å². The fourth-order valence-electron chi connectivity index (χ4n) is 0.689. The van der Waals surface area contributed by atoms with E-state index in [9.17, 15) is 4.79 Å². The zero-order valence-corrected chi connectivity index (χ0v) is 6.84. The maximum Gasteiger partial charge on any atom is 0.328 e. The first-order valence-electron chi connectivity index (χ1n) is 3.12. The summed E-state index contributed by atoms with van der Waals surface area (Å²) in [6, 6.07) is 3.62. The number of carboxylic acid groups (broad SMARTS) is 1. The Labute approximate surface area is 73.2 Å². The van der Waals surface area contributed by atoms with Crippen molar-refractivity contribution in [3.05, 3.63) is 28.0 Å². The van der Waals surface area contributed by atoms with Gasteiger partial charge in [-0.15, -0.1) is 11.3 Å². The van der Waals surface area contributed by atoms with Gasteiger partial charge in [-0.05, 0) is 17.5 Å². The Balaban J connectivity index is 2.90. The predicted molar refractivity (Wildman–Crippen MR) is 45.7 cm³/mol. The van der Waals surface area contributed by atoms with Crippen LogP contribution in [-0.4, -0.2) is 11.1 Å². The number of rotatable bonds is 2. The van der Waals surface area contributed by atoms with Gasteiger partial charge in [0.25, 0.3) is 0 Å². The largest absolute Gasteiger partial charge is 0.478 e. The molecule has 1 aromatic rings. The zero-order valence-electron chi connectivity index (χ0n) is 6.02. The van der Waals surface area contributed by atoms with Gasteiger partial charge in [0.2, 0.25) is 0 Å². The molecule has 1 rings (SSSR count). The number of thiophene rings is 1. The number of carbonyl (C=O) groups is 1. The highest BCUT2D eigenvalue weighted by Crippen LogP contribution is 2.16. The summed E-state index contributed by atoms with van der Waals surface area (Å²) in [4.78, 5) is 10.8. The van der Waals surface area contributed by atoms with Crippen molar-refractivity contribution in [1.29, 1.82) is 5.26 Å². The summed E-state index contributed by atoms with van der Waals surface area (Å²) in [6.07, 6.45) is 2.44. The van der Waals surface area contributed by atoms with Crippen molar-refractivity contribution < 1.29 is 9.90 Å². The molecule has 0 aliphatic rings. The van der Waals surface area contributed by atoms with Gasteiger partial charge in [-0.2, -0.15) is 5.26 Å². The molecule has 0 saturated carbocycles. The van der Waals surface area contributed by atoms with Crippen molar-refractivity contribution >= 4 is 23.4 Å². The number of nitrogens with zero attached hydrogens (tertiary/aromatic N) is 1. The first-order chi connectivity index (χ1) is 5.74. The van der Waals surface area contributed by atoms with Gasteiger partial charge in [0.05, 0.1) is 5.56 Å². The number of aliphatic carboxylic acids is 1. The van der Waals surface area contributed by atoms with Gasteiger partial charge in [0.15, 0.2) is 0 Å². The van der Waals surface area contributed by atoms with Crippen LogP contribution in [0.15, 0.2) is 17.5 Å². The summed E-state index contributed by atoms with van der Waals surface area (Å²) in [7, 11) is 0. The zero-order chi connectivity index (χ0) is 8.97. The Kier molecular flexibility index (Phi) is 2.62. The van der Waals surface area contributed by atoms with Crippen LogP contribution in [0.2, 0.25) is 0 Å². The van der Waals surface area contributed by atoms with Crippen LogP contribution >= 0.6 is 11.3 Å². The first kappa shape index (κ1) is 8.50. The SMILES string of the molecule is N#Cc1ccsc1/C=C\C(=O)O. The lowest BCUT2D eigenvalue weighted by Gasteiger charge is -1.83. The third-order valence-electron chi connectivity index (χ3n) is 1.19. The van der Waals surface area contributed by atoms with Crippen LogP contribution in [0.1, 0.15) is 10.4 Å². The Morgan fingerprint density at radius 3 is 3.08 bits per heavy atom. The average Bonchev–Trinajstić information content (AvgIpc) is 2.47. The van der Waals surface area contributed by atoms with Crippen LogP contribution in [0.5, 0.6) is 0 Å². The lowest BCUT2D eigenvalue weighted by molar-refractivity contribution is -0.131. The van der Waals surface area contributed by atoms with E-state index in [-0.39, 0.29) is 0 Å². The first-order valence-corrected chi connectivity index (χ1v) is 4.00. The molecular formula is C8H5NO2S. The van der Waals surface area contributed by atoms with Crippen molar-refractivity contribution in [1.82, 2.24) is 0 Å². The Hall–Kier alpha value is -1.60. The van der Waals surface area contributed by atoms with Crippen molar-refractivity contribution in [3.63, 3.8) is 0 Å². The van der Waals surface area contributed by atoms with Crippen molar-refractivity contribution in [3.8, 4) is 6.07 Å². The Morgan fingerprint density at radius 1 is 1.75 bits per heavy atom. The molecule has 0 aliphatic carbocycles. The van der Waals surface area contributed by atoms with E-state index >= 15 is 0 Å². The molecule has 60 valence electrons. The van der Waals surface area contributed by atoms with Crippen LogP contribution < -0.4 is 0 Å². The highest BCUT2D eigenvalue weighted by Gasteiger charge is 1.98. The van der Waals surface area contributed by atoms with Crippen LogP contribution in [0, 0.1) is 11.3 Å². The van der Waals surface area contributed by atoms with Gasteiger partial charge in [0.1, 0.15) is 6.07 Å². The van der Waals surface area contributed by atoms with E-state index in [2.05, 4.69) is 0 Å². The van der Waals surface area contributed by atoms with E-state index in [1.165, 1.54) is 17.4 Å². The highest BCUT2D eigenvalue weighted by atomic mass is 32.1. The second kappa shape index (κ2) is 3.69. The van der Waals surface area contributed by atoms with Gasteiger partial charge in [-0.1, -0.05) is 0 Å². The second-order valence-electron chi connectivity index (χ2n) is 1.98. The van der Waals surface area contributed by atoms with Crippen LogP contribution in [-0.2, 0) is 4.79 Å². The van der Waals surface area contributed by atoms with E-state index in [1.54, 1.807) is 11.4 Å². The monoisotopic (exact) mass is 179 g/mol. The van der Waals surface area contributed by atoms with Gasteiger partial charge >= 0.3 is 5.97 Å². The van der Waals surface area contributed by atoms with Gasteiger partial charge in [0, 0.05) is 11.0 Å². The van der Waals surface area contributed by atoms with E-state index in [4.69, 9.17) is 10.4 Å². The van der Waals surface area contributed by atoms with Crippen LogP contribution in [0.3, 0.4) is 0 Å². The van der Waals surface area contributed by atoms with Crippen molar-refractivity contribution in [2.24, 2.45) is 0 Å². The highest BCUT2D eigenvalue weighted by molar-refractivity contribution is 7.11. The molecule has 0 atom stereocenters. The lowest BCUT2D eigenvalue weighted by atomic mass is 10.3. The van der Waals surface area contributed by atoms with E-state index in [0.717, 1.165) is 6.08 Å². The molecule has 0 fully saturated rings. The molecule has 1 aromatic heterocycles. The van der Waals surface area contributed by atoms with Gasteiger partial charge < -0.3 is 5.11 Å². The smallest absolute Gasteiger partial charge is 0.328 e. The summed E-state index contributed by atoms with van der Waals surface area (Å²) in [5.41, 5.74) is 0.512. The molecular weight excluding hydrogens is 174 g/mol. The maximum absolute atomic E-state index is 10.1. The number of carboxylic acids is 1. The van der Waals surface area contributed by atoms with E-state index in [0.29, 0.717) is 10.4 Å². The molecule has 3 nitrogen and oxygen atoms in total. The summed E-state index contributed by atoms with van der Waals surface area (Å²) >= 11 is 1.34. The fourth-order valence-corrected chi connectivity index (χ4v) is 1.43. The molecule has 0 aromatic carbocycles. The number of nitriles is 1. The molecule has 0 saturated heterocycles. The third-order valence-corrected chi connectivity index (χ3v) is 2.08. The normalized spacial score (nSPS) is 9.92. The van der Waals surface area contributed by atoms with Gasteiger partial charge in [-0.3, -0.25) is 0 Å². The van der Waals surface area contributed by atoms with Crippen LogP contribution in [0.4, 0.5) is 0 Å². The fraction of sp³-hybridized carbons (Fsp3) is 0. The van der Waals surface area contributed by atoms with E-state index in [1.807, 2.05) is 6.07 Å².